The highest BCUT2D eigenvalue weighted by atomic mass is 16.5. The van der Waals surface area contributed by atoms with Crippen LogP contribution in [0.2, 0.25) is 0 Å². The van der Waals surface area contributed by atoms with Crippen LogP contribution in [0.1, 0.15) is 35.3 Å². The molecule has 0 heterocycles. The Hall–Kier alpha value is -3.55. The van der Waals surface area contributed by atoms with E-state index >= 15 is 0 Å². The molecule has 0 aromatic heterocycles. The van der Waals surface area contributed by atoms with E-state index in [1.165, 1.54) is 4.90 Å². The summed E-state index contributed by atoms with van der Waals surface area (Å²) < 4.78 is 10.4. The second-order valence-electron chi connectivity index (χ2n) is 7.32. The fraction of sp³-hybridized carbons (Fsp3) is 0.348. The summed E-state index contributed by atoms with van der Waals surface area (Å²) in [6.07, 6.45) is 0. The van der Waals surface area contributed by atoms with E-state index in [2.05, 4.69) is 10.6 Å². The van der Waals surface area contributed by atoms with Crippen LogP contribution in [0.3, 0.4) is 0 Å². The van der Waals surface area contributed by atoms with E-state index in [4.69, 9.17) is 9.47 Å². The highest BCUT2D eigenvalue weighted by Gasteiger charge is 2.15. The van der Waals surface area contributed by atoms with Crippen molar-refractivity contribution in [3.05, 3.63) is 65.2 Å². The zero-order valence-corrected chi connectivity index (χ0v) is 18.3. The molecule has 2 aromatic rings. The summed E-state index contributed by atoms with van der Waals surface area (Å²) in [5, 5.41) is 5.47. The number of likely N-dealkylation sites (N-methyl/N-ethyl adjacent to an activating group) is 1. The molecular weight excluding hydrogens is 398 g/mol. The summed E-state index contributed by atoms with van der Waals surface area (Å²) in [7, 11) is 3.21. The van der Waals surface area contributed by atoms with Gasteiger partial charge in [-0.05, 0) is 37.6 Å². The quantitative estimate of drug-likeness (QED) is 0.600. The monoisotopic (exact) mass is 427 g/mol. The van der Waals surface area contributed by atoms with Crippen LogP contribution >= 0.6 is 0 Å². The number of hydrogen-bond donors (Lipinski definition) is 2. The van der Waals surface area contributed by atoms with Gasteiger partial charge in [-0.25, -0.2) is 9.59 Å². The molecule has 166 valence electrons. The fourth-order valence-electron chi connectivity index (χ4n) is 2.75. The van der Waals surface area contributed by atoms with Crippen LogP contribution in [0, 0.1) is 0 Å². The minimum Gasteiger partial charge on any atom is -0.496 e. The van der Waals surface area contributed by atoms with Crippen molar-refractivity contribution >= 4 is 17.9 Å². The van der Waals surface area contributed by atoms with Gasteiger partial charge in [-0.2, -0.15) is 0 Å². The third-order valence-electron chi connectivity index (χ3n) is 4.42. The van der Waals surface area contributed by atoms with Crippen LogP contribution in [0.4, 0.5) is 4.79 Å². The lowest BCUT2D eigenvalue weighted by atomic mass is 10.1. The van der Waals surface area contributed by atoms with Gasteiger partial charge in [0.15, 0.2) is 6.61 Å². The average Bonchev–Trinajstić information content (AvgIpc) is 2.76. The van der Waals surface area contributed by atoms with E-state index in [0.717, 1.165) is 11.1 Å². The molecule has 0 fully saturated rings. The Bertz CT molecular complexity index is 896. The van der Waals surface area contributed by atoms with E-state index in [-0.39, 0.29) is 24.6 Å². The molecule has 2 rings (SSSR count). The number of rotatable bonds is 9. The van der Waals surface area contributed by atoms with Crippen molar-refractivity contribution in [1.82, 2.24) is 15.5 Å². The molecule has 0 atom stereocenters. The van der Waals surface area contributed by atoms with E-state index in [0.29, 0.717) is 24.4 Å². The molecule has 0 spiro atoms. The lowest BCUT2D eigenvalue weighted by molar-refractivity contribution is -0.133. The zero-order chi connectivity index (χ0) is 22.8. The molecule has 0 bridgehead atoms. The second-order valence-corrected chi connectivity index (χ2v) is 7.32. The van der Waals surface area contributed by atoms with Crippen molar-refractivity contribution in [2.24, 2.45) is 0 Å². The van der Waals surface area contributed by atoms with Gasteiger partial charge in [0.25, 0.3) is 5.91 Å². The maximum absolute atomic E-state index is 12.3. The summed E-state index contributed by atoms with van der Waals surface area (Å²) in [6, 6.07) is 13.9. The lowest BCUT2D eigenvalue weighted by Gasteiger charge is -2.18. The van der Waals surface area contributed by atoms with Gasteiger partial charge in [-0.3, -0.25) is 4.79 Å². The molecule has 0 radical (unpaired) electrons. The first-order valence-electron chi connectivity index (χ1n) is 9.96. The van der Waals surface area contributed by atoms with Crippen molar-refractivity contribution < 1.29 is 23.9 Å². The molecule has 0 saturated heterocycles. The second kappa shape index (κ2) is 11.6. The van der Waals surface area contributed by atoms with Gasteiger partial charge in [-0.15, -0.1) is 0 Å². The van der Waals surface area contributed by atoms with Crippen LogP contribution < -0.4 is 15.4 Å². The predicted octanol–water partition coefficient (Wildman–Crippen LogP) is 2.72. The number of methoxy groups -OCH3 is 1. The number of benzene rings is 2. The first-order valence-corrected chi connectivity index (χ1v) is 9.96. The maximum atomic E-state index is 12.3. The van der Waals surface area contributed by atoms with Gasteiger partial charge >= 0.3 is 12.0 Å². The Balaban J connectivity index is 1.82. The summed E-state index contributed by atoms with van der Waals surface area (Å²) in [5.74, 6) is -0.220. The first-order chi connectivity index (χ1) is 14.8. The van der Waals surface area contributed by atoms with Crippen LogP contribution in [-0.4, -0.2) is 49.6 Å². The smallest absolute Gasteiger partial charge is 0.338 e. The Labute approximate surface area is 182 Å². The number of nitrogens with zero attached hydrogens (tertiary/aromatic N) is 1. The number of hydrogen-bond acceptors (Lipinski definition) is 5. The Kier molecular flexibility index (Phi) is 8.87. The highest BCUT2D eigenvalue weighted by molar-refractivity contribution is 5.91. The molecule has 2 aromatic carbocycles. The molecule has 8 nitrogen and oxygen atoms in total. The predicted molar refractivity (Wildman–Crippen MR) is 117 cm³/mol. The molecule has 0 unspecified atom stereocenters. The molecule has 0 aliphatic rings. The first kappa shape index (κ1) is 23.7. The van der Waals surface area contributed by atoms with Crippen LogP contribution in [-0.2, 0) is 22.6 Å². The van der Waals surface area contributed by atoms with Crippen molar-refractivity contribution in [2.45, 2.75) is 33.0 Å². The van der Waals surface area contributed by atoms with Crippen molar-refractivity contribution in [3.8, 4) is 5.75 Å². The molecule has 8 heteroatoms. The summed E-state index contributed by atoms with van der Waals surface area (Å²) in [4.78, 5) is 37.7. The minimum absolute atomic E-state index is 0.0497. The molecule has 0 saturated carbocycles. The summed E-state index contributed by atoms with van der Waals surface area (Å²) in [5.41, 5.74) is 2.03. The SMILES string of the molecule is COc1ccccc1CN(C)C(=O)COC(=O)c1ccc(CNC(=O)NC(C)C)cc1. The molecule has 31 heavy (non-hydrogen) atoms. The standard InChI is InChI=1S/C23H29N3O5/c1-16(2)25-23(29)24-13-17-9-11-18(12-10-17)22(28)31-15-21(27)26(3)14-19-7-5-6-8-20(19)30-4/h5-12,16H,13-15H2,1-4H3,(H2,24,25,29). The minimum atomic E-state index is -0.587. The number of para-hydroxylation sites is 1. The number of ether oxygens (including phenoxy) is 2. The normalized spacial score (nSPS) is 10.4. The summed E-state index contributed by atoms with van der Waals surface area (Å²) >= 11 is 0. The van der Waals surface area contributed by atoms with E-state index in [1.54, 1.807) is 38.4 Å². The van der Waals surface area contributed by atoms with Crippen LogP contribution in [0.5, 0.6) is 5.75 Å². The number of esters is 1. The Morgan fingerprint density at radius 2 is 1.71 bits per heavy atom. The molecular formula is C23H29N3O5. The van der Waals surface area contributed by atoms with Crippen LogP contribution in [0.15, 0.2) is 48.5 Å². The third kappa shape index (κ3) is 7.65. The van der Waals surface area contributed by atoms with Crippen molar-refractivity contribution in [1.29, 1.82) is 0 Å². The van der Waals surface area contributed by atoms with Gasteiger partial charge in [0.05, 0.1) is 12.7 Å². The van der Waals surface area contributed by atoms with Gasteiger partial charge in [0.1, 0.15) is 5.75 Å². The van der Waals surface area contributed by atoms with Crippen molar-refractivity contribution in [2.75, 3.05) is 20.8 Å². The van der Waals surface area contributed by atoms with Gasteiger partial charge in [0, 0.05) is 31.7 Å². The fourth-order valence-corrected chi connectivity index (χ4v) is 2.75. The number of carbonyl (C=O) groups is 3. The van der Waals surface area contributed by atoms with E-state index < -0.39 is 5.97 Å². The zero-order valence-electron chi connectivity index (χ0n) is 18.3. The molecule has 0 aliphatic heterocycles. The number of nitrogens with one attached hydrogen (secondary N) is 2. The molecule has 3 amide bonds. The summed E-state index contributed by atoms with van der Waals surface area (Å²) in [6.45, 7) is 4.07. The van der Waals surface area contributed by atoms with Crippen LogP contribution in [0.25, 0.3) is 0 Å². The Morgan fingerprint density at radius 1 is 1.03 bits per heavy atom. The number of amides is 3. The van der Waals surface area contributed by atoms with Gasteiger partial charge in [0.2, 0.25) is 0 Å². The van der Waals surface area contributed by atoms with E-state index in [9.17, 15) is 14.4 Å². The Morgan fingerprint density at radius 3 is 2.35 bits per heavy atom. The maximum Gasteiger partial charge on any atom is 0.338 e. The van der Waals surface area contributed by atoms with Gasteiger partial charge < -0.3 is 25.0 Å². The third-order valence-corrected chi connectivity index (χ3v) is 4.42. The average molecular weight is 428 g/mol. The topological polar surface area (TPSA) is 97.0 Å². The van der Waals surface area contributed by atoms with Gasteiger partial charge in [-0.1, -0.05) is 30.3 Å². The van der Waals surface area contributed by atoms with Crippen molar-refractivity contribution in [3.63, 3.8) is 0 Å². The van der Waals surface area contributed by atoms with E-state index in [1.807, 2.05) is 38.1 Å². The largest absolute Gasteiger partial charge is 0.496 e. The molecule has 2 N–H and O–H groups in total. The lowest BCUT2D eigenvalue weighted by Crippen LogP contribution is -2.39. The highest BCUT2D eigenvalue weighted by Crippen LogP contribution is 2.18. The number of urea groups is 1. The number of carbonyl (C=O) groups excluding carboxylic acids is 3. The molecule has 0 aliphatic carbocycles.